The second-order valence-electron chi connectivity index (χ2n) is 9.92. The Labute approximate surface area is 236 Å². The number of fused-ring (bicyclic) bond motifs is 4. The molecule has 2 atom stereocenters. The first-order valence-corrected chi connectivity index (χ1v) is 16.6. The first-order chi connectivity index (χ1) is 18.7. The third-order valence-corrected chi connectivity index (χ3v) is 11.4. The van der Waals surface area contributed by atoms with Crippen LogP contribution in [0.25, 0.3) is 16.3 Å². The normalized spacial score (nSPS) is 22.1. The monoisotopic (exact) mass is 578 g/mol. The van der Waals surface area contributed by atoms with Crippen LogP contribution in [-0.2, 0) is 17.6 Å². The van der Waals surface area contributed by atoms with Gasteiger partial charge in [0.05, 0.1) is 22.9 Å². The number of nitrogens with one attached hydrogen (secondary N) is 1. The highest BCUT2D eigenvalue weighted by atomic mass is 32.2. The fourth-order valence-electron chi connectivity index (χ4n) is 5.90. The van der Waals surface area contributed by atoms with E-state index in [2.05, 4.69) is 40.0 Å². The molecule has 0 saturated heterocycles. The minimum absolute atomic E-state index is 0.0565. The molecule has 38 heavy (non-hydrogen) atoms. The molecule has 0 bridgehead atoms. The highest BCUT2D eigenvalue weighted by molar-refractivity contribution is 7.99. The second kappa shape index (κ2) is 10.2. The first-order valence-electron chi connectivity index (χ1n) is 13.0. The van der Waals surface area contributed by atoms with E-state index in [1.165, 1.54) is 44.0 Å². The van der Waals surface area contributed by atoms with Crippen LogP contribution >= 0.6 is 45.8 Å². The number of aromatic nitrogens is 2. The quantitative estimate of drug-likeness (QED) is 0.206. The lowest BCUT2D eigenvalue weighted by Gasteiger charge is -2.28. The number of thiophene rings is 3. The van der Waals surface area contributed by atoms with Crippen LogP contribution in [0, 0.1) is 5.92 Å². The van der Waals surface area contributed by atoms with E-state index in [-0.39, 0.29) is 29.2 Å². The maximum Gasteiger partial charge on any atom is 0.260 e. The lowest BCUT2D eigenvalue weighted by atomic mass is 9.79. The Bertz CT molecular complexity index is 1610. The summed E-state index contributed by atoms with van der Waals surface area (Å²) in [5.41, 5.74) is 3.39. The van der Waals surface area contributed by atoms with Crippen LogP contribution in [0.15, 0.2) is 55.7 Å². The van der Waals surface area contributed by atoms with Crippen LogP contribution in [0.5, 0.6) is 0 Å². The number of carbonyl (C=O) groups is 1. The van der Waals surface area contributed by atoms with Gasteiger partial charge in [-0.15, -0.1) is 34.0 Å². The Hall–Kier alpha value is -2.53. The summed E-state index contributed by atoms with van der Waals surface area (Å²) < 4.78 is 0. The molecule has 4 aromatic rings. The van der Waals surface area contributed by atoms with Crippen LogP contribution in [0.4, 0.5) is 0 Å². The Morgan fingerprint density at radius 3 is 2.84 bits per heavy atom. The van der Waals surface area contributed by atoms with Gasteiger partial charge in [-0.05, 0) is 85.1 Å². The number of rotatable bonds is 5. The summed E-state index contributed by atoms with van der Waals surface area (Å²) >= 11 is 6.34. The molecule has 1 fully saturated rings. The van der Waals surface area contributed by atoms with E-state index in [1.807, 2.05) is 6.07 Å². The minimum atomic E-state index is -0.0865. The molecule has 194 valence electrons. The third kappa shape index (κ3) is 4.41. The summed E-state index contributed by atoms with van der Waals surface area (Å²) in [7, 11) is 0. The zero-order chi connectivity index (χ0) is 25.6. The summed E-state index contributed by atoms with van der Waals surface area (Å²) in [6.07, 6.45) is 9.62. The maximum absolute atomic E-state index is 13.7. The van der Waals surface area contributed by atoms with Crippen molar-refractivity contribution in [3.05, 3.63) is 71.1 Å². The van der Waals surface area contributed by atoms with E-state index in [0.29, 0.717) is 5.16 Å². The average molecular weight is 579 g/mol. The van der Waals surface area contributed by atoms with Gasteiger partial charge in [-0.2, -0.15) is 5.10 Å². The van der Waals surface area contributed by atoms with E-state index < -0.39 is 0 Å². The molecule has 0 aromatic carbocycles. The number of hydrogen-bond acceptors (Lipinski definition) is 8. The van der Waals surface area contributed by atoms with Gasteiger partial charge in [-0.25, -0.2) is 9.99 Å². The van der Waals surface area contributed by atoms with Crippen molar-refractivity contribution < 1.29 is 4.79 Å². The molecule has 1 saturated carbocycles. The molecule has 4 aromatic heterocycles. The number of thioether (sulfide) groups is 1. The number of aromatic amines is 1. The molecule has 10 heteroatoms. The molecule has 1 amide bonds. The smallest absolute Gasteiger partial charge is 0.260 e. The zero-order valence-corrected chi connectivity index (χ0v) is 23.9. The molecule has 5 heterocycles. The Balaban J connectivity index is 1.16. The maximum atomic E-state index is 13.7. The van der Waals surface area contributed by atoms with Gasteiger partial charge in [0.15, 0.2) is 5.16 Å². The van der Waals surface area contributed by atoms with Crippen molar-refractivity contribution in [1.82, 2.24) is 15.0 Å². The van der Waals surface area contributed by atoms with Gasteiger partial charge in [0, 0.05) is 20.5 Å². The number of allylic oxidation sites excluding steroid dienone is 1. The van der Waals surface area contributed by atoms with Crippen LogP contribution in [-0.4, -0.2) is 32.3 Å². The van der Waals surface area contributed by atoms with Crippen LogP contribution < -0.4 is 5.56 Å². The van der Waals surface area contributed by atoms with Crippen LogP contribution in [0.2, 0.25) is 0 Å². The van der Waals surface area contributed by atoms with Crippen molar-refractivity contribution in [2.45, 2.75) is 56.1 Å². The van der Waals surface area contributed by atoms with E-state index in [0.717, 1.165) is 54.5 Å². The van der Waals surface area contributed by atoms with Crippen molar-refractivity contribution >= 4 is 73.7 Å². The standard InChI is InChI=1S/C28H26N4O2S4/c33-22(15-37-28-29-26(34)23-18-8-1-2-10-20(18)38-27(23)30-28)32-25(21-11-5-13-36-21)19-9-3-6-16(24(19)31-32)14-17-7-4-12-35-17/h4-5,7,11-14,19,25H,1-3,6,8-10,15H2,(H,29,30,34)/b16-14-/t19-,25-/m1/s1. The summed E-state index contributed by atoms with van der Waals surface area (Å²) in [6, 6.07) is 8.27. The molecular formula is C28H26N4O2S4. The fourth-order valence-corrected chi connectivity index (χ4v) is 9.49. The predicted octanol–water partition coefficient (Wildman–Crippen LogP) is 6.90. The molecule has 0 spiro atoms. The summed E-state index contributed by atoms with van der Waals surface area (Å²) in [6.45, 7) is 0. The van der Waals surface area contributed by atoms with Crippen molar-refractivity contribution in [2.24, 2.45) is 11.0 Å². The highest BCUT2D eigenvalue weighted by Crippen LogP contribution is 2.46. The summed E-state index contributed by atoms with van der Waals surface area (Å²) in [5.74, 6) is 0.322. The lowest BCUT2D eigenvalue weighted by Crippen LogP contribution is -2.32. The molecular weight excluding hydrogens is 553 g/mol. The van der Waals surface area contributed by atoms with E-state index in [4.69, 9.17) is 10.1 Å². The molecule has 0 radical (unpaired) electrons. The Morgan fingerprint density at radius 2 is 2.00 bits per heavy atom. The lowest BCUT2D eigenvalue weighted by molar-refractivity contribution is -0.130. The van der Waals surface area contributed by atoms with E-state index in [1.54, 1.807) is 39.0 Å². The summed E-state index contributed by atoms with van der Waals surface area (Å²) in [4.78, 5) is 38.8. The largest absolute Gasteiger partial charge is 0.301 e. The number of amides is 1. The molecule has 2 aliphatic carbocycles. The second-order valence-corrected chi connectivity index (χ2v) is 13.9. The Kier molecular flexibility index (Phi) is 6.59. The minimum Gasteiger partial charge on any atom is -0.301 e. The van der Waals surface area contributed by atoms with Crippen molar-refractivity contribution in [3.8, 4) is 0 Å². The molecule has 1 aliphatic heterocycles. The number of aryl methyl sites for hydroxylation is 2. The van der Waals surface area contributed by atoms with Gasteiger partial charge in [0.25, 0.3) is 11.5 Å². The number of nitrogens with zero attached hydrogens (tertiary/aromatic N) is 3. The van der Waals surface area contributed by atoms with Gasteiger partial charge >= 0.3 is 0 Å². The molecule has 6 nitrogen and oxygen atoms in total. The van der Waals surface area contributed by atoms with Crippen molar-refractivity contribution in [1.29, 1.82) is 0 Å². The Morgan fingerprint density at radius 1 is 1.13 bits per heavy atom. The van der Waals surface area contributed by atoms with Gasteiger partial charge in [0.1, 0.15) is 4.83 Å². The average Bonchev–Trinajstić information content (AvgIpc) is 3.72. The number of hydrazone groups is 1. The van der Waals surface area contributed by atoms with Gasteiger partial charge in [-0.3, -0.25) is 9.59 Å². The first kappa shape index (κ1) is 24.5. The molecule has 3 aliphatic rings. The molecule has 1 N–H and O–H groups in total. The fraction of sp³-hybridized carbons (Fsp3) is 0.357. The van der Waals surface area contributed by atoms with Gasteiger partial charge < -0.3 is 4.98 Å². The van der Waals surface area contributed by atoms with Crippen LogP contribution in [0.3, 0.4) is 0 Å². The van der Waals surface area contributed by atoms with E-state index in [9.17, 15) is 9.59 Å². The zero-order valence-electron chi connectivity index (χ0n) is 20.6. The topological polar surface area (TPSA) is 78.4 Å². The SMILES string of the molecule is O=C(CSc1nc2sc3c(c2c(=O)[nH]1)CCCC3)N1N=C2/C(=C\c3cccs3)CCC[C@H]2[C@@H]1c1cccs1. The van der Waals surface area contributed by atoms with E-state index >= 15 is 0 Å². The van der Waals surface area contributed by atoms with Gasteiger partial charge in [-0.1, -0.05) is 23.9 Å². The predicted molar refractivity (Wildman–Crippen MR) is 159 cm³/mol. The van der Waals surface area contributed by atoms with Gasteiger partial charge in [0.2, 0.25) is 0 Å². The number of carbonyl (C=O) groups excluding carboxylic acids is 1. The van der Waals surface area contributed by atoms with Crippen molar-refractivity contribution in [2.75, 3.05) is 5.75 Å². The number of H-pyrrole nitrogens is 1. The molecule has 0 unspecified atom stereocenters. The highest BCUT2D eigenvalue weighted by Gasteiger charge is 2.44. The van der Waals surface area contributed by atoms with Crippen LogP contribution in [0.1, 0.15) is 58.3 Å². The third-order valence-electron chi connectivity index (χ3n) is 7.59. The summed E-state index contributed by atoms with van der Waals surface area (Å²) in [5, 5.41) is 12.1. The number of hydrogen-bond donors (Lipinski definition) is 1. The van der Waals surface area contributed by atoms with Crippen molar-refractivity contribution in [3.63, 3.8) is 0 Å². The molecule has 7 rings (SSSR count).